The van der Waals surface area contributed by atoms with Gasteiger partial charge < -0.3 is 18.9 Å². The number of rotatable bonds is 7. The zero-order chi connectivity index (χ0) is 16.2. The van der Waals surface area contributed by atoms with Crippen molar-refractivity contribution in [2.75, 3.05) is 33.1 Å². The molecule has 7 heteroatoms. The van der Waals surface area contributed by atoms with Crippen molar-refractivity contribution >= 4 is 10.1 Å². The lowest BCUT2D eigenvalue weighted by molar-refractivity contribution is -0.918. The average Bonchev–Trinajstić information content (AvgIpc) is 2.93. The minimum absolute atomic E-state index is 0.273. The van der Waals surface area contributed by atoms with Crippen LogP contribution >= 0.6 is 0 Å². The number of hydrogen-bond donors (Lipinski definition) is 1. The third-order valence-electron chi connectivity index (χ3n) is 4.19. The van der Waals surface area contributed by atoms with Gasteiger partial charge in [0.25, 0.3) is 0 Å². The van der Waals surface area contributed by atoms with E-state index in [1.165, 1.54) is 4.90 Å². The SMILES string of the molecule is COc1ccc([C@H]2CCC[NH+]2CCCS(=O)(=O)[O-])c(OC)c1. The minimum Gasteiger partial charge on any atom is -0.748 e. The summed E-state index contributed by atoms with van der Waals surface area (Å²) in [4.78, 5) is 1.31. The predicted molar refractivity (Wildman–Crippen MR) is 81.4 cm³/mol. The molecule has 1 saturated heterocycles. The van der Waals surface area contributed by atoms with Gasteiger partial charge in [-0.05, 0) is 12.1 Å². The Labute approximate surface area is 131 Å². The number of hydrogen-bond acceptors (Lipinski definition) is 5. The summed E-state index contributed by atoms with van der Waals surface area (Å²) in [6.45, 7) is 1.67. The number of benzene rings is 1. The van der Waals surface area contributed by atoms with E-state index in [-0.39, 0.29) is 11.8 Å². The molecule has 0 spiro atoms. The zero-order valence-electron chi connectivity index (χ0n) is 13.0. The van der Waals surface area contributed by atoms with Gasteiger partial charge >= 0.3 is 0 Å². The van der Waals surface area contributed by atoms with Gasteiger partial charge in [0.15, 0.2) is 0 Å². The molecule has 1 aromatic carbocycles. The van der Waals surface area contributed by atoms with E-state index in [1.807, 2.05) is 18.2 Å². The molecule has 124 valence electrons. The van der Waals surface area contributed by atoms with Crippen LogP contribution in [0.1, 0.15) is 30.9 Å². The molecule has 2 rings (SSSR count). The molecule has 22 heavy (non-hydrogen) atoms. The van der Waals surface area contributed by atoms with Crippen LogP contribution in [0.3, 0.4) is 0 Å². The maximum absolute atomic E-state index is 10.7. The van der Waals surface area contributed by atoms with Gasteiger partial charge in [0.2, 0.25) is 0 Å². The van der Waals surface area contributed by atoms with Crippen molar-refractivity contribution in [1.29, 1.82) is 0 Å². The molecule has 2 atom stereocenters. The Morgan fingerprint density at radius 2 is 2.09 bits per heavy atom. The lowest BCUT2D eigenvalue weighted by Crippen LogP contribution is -3.10. The summed E-state index contributed by atoms with van der Waals surface area (Å²) in [5.74, 6) is 1.25. The van der Waals surface area contributed by atoms with Crippen LogP contribution < -0.4 is 14.4 Å². The first-order chi connectivity index (χ1) is 10.4. The predicted octanol–water partition coefficient (Wildman–Crippen LogP) is 0.359. The summed E-state index contributed by atoms with van der Waals surface area (Å²) in [6, 6.07) is 6.07. The molecule has 1 fully saturated rings. The summed E-state index contributed by atoms with van der Waals surface area (Å²) in [5.41, 5.74) is 1.11. The zero-order valence-corrected chi connectivity index (χ0v) is 13.8. The molecule has 0 aromatic heterocycles. The molecule has 0 amide bonds. The Morgan fingerprint density at radius 3 is 2.73 bits per heavy atom. The summed E-state index contributed by atoms with van der Waals surface area (Å²) in [5, 5.41) is 0. The van der Waals surface area contributed by atoms with E-state index in [4.69, 9.17) is 9.47 Å². The lowest BCUT2D eigenvalue weighted by Gasteiger charge is -2.23. The maximum atomic E-state index is 10.7. The monoisotopic (exact) mass is 329 g/mol. The Bertz CT molecular complexity index is 602. The Kier molecular flexibility index (Phi) is 5.66. The fourth-order valence-corrected chi connectivity index (χ4v) is 3.67. The summed E-state index contributed by atoms with van der Waals surface area (Å²) in [7, 11) is -0.873. The molecule has 1 aromatic rings. The molecule has 1 aliphatic heterocycles. The van der Waals surface area contributed by atoms with Crippen molar-refractivity contribution in [1.82, 2.24) is 0 Å². The van der Waals surface area contributed by atoms with E-state index in [2.05, 4.69) is 0 Å². The Morgan fingerprint density at radius 1 is 1.32 bits per heavy atom. The van der Waals surface area contributed by atoms with Crippen molar-refractivity contribution in [3.8, 4) is 11.5 Å². The summed E-state index contributed by atoms with van der Waals surface area (Å²) < 4.78 is 42.9. The van der Waals surface area contributed by atoms with Crippen molar-refractivity contribution in [3.05, 3.63) is 23.8 Å². The molecule has 1 unspecified atom stereocenters. The topological polar surface area (TPSA) is 80.1 Å². The van der Waals surface area contributed by atoms with E-state index < -0.39 is 10.1 Å². The van der Waals surface area contributed by atoms with Crippen molar-refractivity contribution in [3.63, 3.8) is 0 Å². The Hall–Kier alpha value is -1.31. The lowest BCUT2D eigenvalue weighted by atomic mass is 10.0. The van der Waals surface area contributed by atoms with Gasteiger partial charge in [-0.3, -0.25) is 0 Å². The van der Waals surface area contributed by atoms with Crippen molar-refractivity contribution in [2.24, 2.45) is 0 Å². The summed E-state index contributed by atoms with van der Waals surface area (Å²) in [6.07, 6.45) is 2.51. The molecule has 0 bridgehead atoms. The van der Waals surface area contributed by atoms with Gasteiger partial charge in [-0.1, -0.05) is 0 Å². The van der Waals surface area contributed by atoms with Crippen LogP contribution in [0.4, 0.5) is 0 Å². The van der Waals surface area contributed by atoms with Gasteiger partial charge in [-0.2, -0.15) is 0 Å². The highest BCUT2D eigenvalue weighted by molar-refractivity contribution is 7.85. The van der Waals surface area contributed by atoms with Crippen molar-refractivity contribution in [2.45, 2.75) is 25.3 Å². The first kappa shape index (κ1) is 17.1. The number of ether oxygens (including phenoxy) is 2. The third-order valence-corrected chi connectivity index (χ3v) is 4.98. The van der Waals surface area contributed by atoms with E-state index in [0.717, 1.165) is 36.4 Å². The fourth-order valence-electron chi connectivity index (χ4n) is 3.17. The molecule has 1 aliphatic rings. The van der Waals surface area contributed by atoms with Gasteiger partial charge in [0.05, 0.1) is 43.0 Å². The molecular formula is C15H23NO5S. The second kappa shape index (κ2) is 7.30. The van der Waals surface area contributed by atoms with Crippen LogP contribution in [0, 0.1) is 0 Å². The van der Waals surface area contributed by atoms with Crippen LogP contribution in [0.2, 0.25) is 0 Å². The second-order valence-corrected chi connectivity index (χ2v) is 7.10. The summed E-state index contributed by atoms with van der Waals surface area (Å²) >= 11 is 0. The molecule has 1 N–H and O–H groups in total. The molecular weight excluding hydrogens is 306 g/mol. The highest BCUT2D eigenvalue weighted by Crippen LogP contribution is 2.31. The van der Waals surface area contributed by atoms with E-state index in [0.29, 0.717) is 13.0 Å². The number of nitrogens with one attached hydrogen (secondary N) is 1. The second-order valence-electron chi connectivity index (χ2n) is 5.58. The smallest absolute Gasteiger partial charge is 0.131 e. The van der Waals surface area contributed by atoms with Crippen LogP contribution in [-0.2, 0) is 10.1 Å². The molecule has 6 nitrogen and oxygen atoms in total. The number of quaternary nitrogens is 1. The normalized spacial score (nSPS) is 21.8. The average molecular weight is 329 g/mol. The first-order valence-electron chi connectivity index (χ1n) is 7.44. The first-order valence-corrected chi connectivity index (χ1v) is 9.02. The van der Waals surface area contributed by atoms with Gasteiger partial charge in [0, 0.05) is 31.1 Å². The Balaban J connectivity index is 2.10. The largest absolute Gasteiger partial charge is 0.748 e. The van der Waals surface area contributed by atoms with Crippen LogP contribution in [0.15, 0.2) is 18.2 Å². The highest BCUT2D eigenvalue weighted by atomic mass is 32.2. The van der Waals surface area contributed by atoms with Crippen LogP contribution in [0.5, 0.6) is 11.5 Å². The molecule has 0 aliphatic carbocycles. The maximum Gasteiger partial charge on any atom is 0.131 e. The minimum atomic E-state index is -4.12. The molecule has 1 heterocycles. The molecule has 0 saturated carbocycles. The van der Waals surface area contributed by atoms with Crippen molar-refractivity contribution < 1.29 is 27.3 Å². The van der Waals surface area contributed by atoms with E-state index >= 15 is 0 Å². The van der Waals surface area contributed by atoms with Gasteiger partial charge in [-0.15, -0.1) is 0 Å². The highest BCUT2D eigenvalue weighted by Gasteiger charge is 2.32. The van der Waals surface area contributed by atoms with E-state index in [1.54, 1.807) is 14.2 Å². The van der Waals surface area contributed by atoms with E-state index in [9.17, 15) is 13.0 Å². The quantitative estimate of drug-likeness (QED) is 0.731. The third kappa shape index (κ3) is 4.34. The van der Waals surface area contributed by atoms with Crippen LogP contribution in [0.25, 0.3) is 0 Å². The number of likely N-dealkylation sites (tertiary alicyclic amines) is 1. The fraction of sp³-hybridized carbons (Fsp3) is 0.600. The standard InChI is InChI=1S/C15H23NO5S/c1-20-12-6-7-13(15(11-12)21-2)14-5-3-8-16(14)9-4-10-22(17,18)19/h6-7,11,14H,3-5,8-10H2,1-2H3,(H,17,18,19)/t14-/m1/s1. The number of methoxy groups -OCH3 is 2. The van der Waals surface area contributed by atoms with Gasteiger partial charge in [0.1, 0.15) is 17.5 Å². The molecule has 0 radical (unpaired) electrons. The van der Waals surface area contributed by atoms with Gasteiger partial charge in [-0.25, -0.2) is 8.42 Å². The van der Waals surface area contributed by atoms with Crippen LogP contribution in [-0.4, -0.2) is 46.0 Å².